The summed E-state index contributed by atoms with van der Waals surface area (Å²) in [6, 6.07) is 17.7. The quantitative estimate of drug-likeness (QED) is 0.680. The van der Waals surface area contributed by atoms with E-state index in [-0.39, 0.29) is 0 Å². The summed E-state index contributed by atoms with van der Waals surface area (Å²) >= 11 is 1.60. The minimum Gasteiger partial charge on any atom is -0.457 e. The lowest BCUT2D eigenvalue weighted by molar-refractivity contribution is 0.483. The molecule has 0 amide bonds. The van der Waals surface area contributed by atoms with Crippen LogP contribution in [0.25, 0.3) is 11.3 Å². The third-order valence-electron chi connectivity index (χ3n) is 2.56. The van der Waals surface area contributed by atoms with Crippen LogP contribution >= 0.6 is 11.3 Å². The Kier molecular flexibility index (Phi) is 3.07. The largest absolute Gasteiger partial charge is 0.457 e. The van der Waals surface area contributed by atoms with Crippen molar-refractivity contribution in [1.29, 1.82) is 0 Å². The molecule has 3 aromatic rings. The molecule has 0 N–H and O–H groups in total. The van der Waals surface area contributed by atoms with Crippen LogP contribution in [0.15, 0.2) is 65.5 Å². The molecule has 3 rings (SSSR count). The van der Waals surface area contributed by atoms with Gasteiger partial charge < -0.3 is 4.74 Å². The van der Waals surface area contributed by atoms with E-state index in [0.717, 1.165) is 22.8 Å². The summed E-state index contributed by atoms with van der Waals surface area (Å²) in [5.74, 6) is 1.68. The van der Waals surface area contributed by atoms with Crippen LogP contribution in [0.5, 0.6) is 11.5 Å². The topological polar surface area (TPSA) is 22.1 Å². The fourth-order valence-electron chi connectivity index (χ4n) is 1.67. The number of benzene rings is 2. The van der Waals surface area contributed by atoms with Gasteiger partial charge in [-0.05, 0) is 36.4 Å². The van der Waals surface area contributed by atoms with E-state index in [4.69, 9.17) is 4.74 Å². The number of ether oxygens (including phenoxy) is 1. The molecule has 0 aliphatic heterocycles. The van der Waals surface area contributed by atoms with Crippen molar-refractivity contribution in [3.8, 4) is 22.8 Å². The molecule has 0 saturated heterocycles. The minimum absolute atomic E-state index is 0.833. The minimum atomic E-state index is 0.833. The third-order valence-corrected chi connectivity index (χ3v) is 3.15. The molecule has 1 aromatic heterocycles. The van der Waals surface area contributed by atoms with Crippen molar-refractivity contribution in [2.75, 3.05) is 0 Å². The van der Waals surface area contributed by atoms with Crippen LogP contribution in [0.2, 0.25) is 0 Å². The second kappa shape index (κ2) is 5.02. The number of thiazole rings is 1. The van der Waals surface area contributed by atoms with Crippen molar-refractivity contribution in [3.63, 3.8) is 0 Å². The predicted molar refractivity (Wildman–Crippen MR) is 74.1 cm³/mol. The van der Waals surface area contributed by atoms with Gasteiger partial charge in [0, 0.05) is 10.9 Å². The Morgan fingerprint density at radius 3 is 2.22 bits per heavy atom. The lowest BCUT2D eigenvalue weighted by Gasteiger charge is -2.05. The summed E-state index contributed by atoms with van der Waals surface area (Å²) < 4.78 is 5.73. The van der Waals surface area contributed by atoms with Crippen molar-refractivity contribution in [2.45, 2.75) is 0 Å². The van der Waals surface area contributed by atoms with Crippen LogP contribution in [-0.2, 0) is 0 Å². The van der Waals surface area contributed by atoms with Gasteiger partial charge in [-0.15, -0.1) is 11.3 Å². The highest BCUT2D eigenvalue weighted by Gasteiger charge is 2.00. The molecule has 2 aromatic carbocycles. The average Bonchev–Trinajstić information content (AvgIpc) is 2.95. The summed E-state index contributed by atoms with van der Waals surface area (Å²) in [5.41, 5.74) is 3.95. The average molecular weight is 253 g/mol. The first-order valence-corrected chi connectivity index (χ1v) is 6.57. The SMILES string of the molecule is c1ccc(Oc2ccc(-c3cscn3)cc2)cc1. The van der Waals surface area contributed by atoms with E-state index in [1.807, 2.05) is 65.5 Å². The Hall–Kier alpha value is -2.13. The highest BCUT2D eigenvalue weighted by atomic mass is 32.1. The number of hydrogen-bond donors (Lipinski definition) is 0. The zero-order chi connectivity index (χ0) is 12.2. The normalized spacial score (nSPS) is 10.2. The van der Waals surface area contributed by atoms with Crippen molar-refractivity contribution in [3.05, 3.63) is 65.5 Å². The number of nitrogens with zero attached hydrogens (tertiary/aromatic N) is 1. The summed E-state index contributed by atoms with van der Waals surface area (Å²) in [7, 11) is 0. The molecule has 0 aliphatic rings. The van der Waals surface area contributed by atoms with E-state index in [1.54, 1.807) is 11.3 Å². The number of aromatic nitrogens is 1. The molecule has 2 nitrogen and oxygen atoms in total. The van der Waals surface area contributed by atoms with Crippen LogP contribution in [0.3, 0.4) is 0 Å². The fourth-order valence-corrected chi connectivity index (χ4v) is 2.23. The monoisotopic (exact) mass is 253 g/mol. The van der Waals surface area contributed by atoms with Crippen molar-refractivity contribution < 1.29 is 4.74 Å². The number of para-hydroxylation sites is 1. The summed E-state index contributed by atoms with van der Waals surface area (Å²) in [6.45, 7) is 0. The van der Waals surface area contributed by atoms with Crippen LogP contribution in [0.1, 0.15) is 0 Å². The first-order valence-electron chi connectivity index (χ1n) is 5.63. The Bertz CT molecular complexity index is 603. The first kappa shape index (κ1) is 11.0. The Labute approximate surface area is 110 Å². The molecule has 0 radical (unpaired) electrons. The van der Waals surface area contributed by atoms with Crippen molar-refractivity contribution in [2.24, 2.45) is 0 Å². The lowest BCUT2D eigenvalue weighted by atomic mass is 10.2. The molecule has 0 spiro atoms. The second-order valence-electron chi connectivity index (χ2n) is 3.81. The van der Waals surface area contributed by atoms with Crippen LogP contribution in [0, 0.1) is 0 Å². The zero-order valence-corrected chi connectivity index (χ0v) is 10.4. The zero-order valence-electron chi connectivity index (χ0n) is 9.61. The lowest BCUT2D eigenvalue weighted by Crippen LogP contribution is -1.83. The van der Waals surface area contributed by atoms with Crippen LogP contribution < -0.4 is 4.74 Å². The Morgan fingerprint density at radius 1 is 0.833 bits per heavy atom. The Balaban J connectivity index is 1.80. The third kappa shape index (κ3) is 2.41. The van der Waals surface area contributed by atoms with Crippen LogP contribution in [0.4, 0.5) is 0 Å². The Morgan fingerprint density at radius 2 is 1.56 bits per heavy atom. The maximum Gasteiger partial charge on any atom is 0.127 e. The molecule has 0 saturated carbocycles. The van der Waals surface area contributed by atoms with Gasteiger partial charge in [-0.2, -0.15) is 0 Å². The highest BCUT2D eigenvalue weighted by molar-refractivity contribution is 7.07. The molecule has 0 bridgehead atoms. The van der Waals surface area contributed by atoms with Gasteiger partial charge in [0.05, 0.1) is 11.2 Å². The van der Waals surface area contributed by atoms with Gasteiger partial charge in [-0.1, -0.05) is 18.2 Å². The van der Waals surface area contributed by atoms with E-state index in [0.29, 0.717) is 0 Å². The van der Waals surface area contributed by atoms with Crippen LogP contribution in [-0.4, -0.2) is 4.98 Å². The maximum atomic E-state index is 5.73. The molecule has 0 aliphatic carbocycles. The fraction of sp³-hybridized carbons (Fsp3) is 0. The molecule has 1 heterocycles. The highest BCUT2D eigenvalue weighted by Crippen LogP contribution is 2.25. The van der Waals surface area contributed by atoms with Gasteiger partial charge >= 0.3 is 0 Å². The van der Waals surface area contributed by atoms with Gasteiger partial charge in [-0.3, -0.25) is 0 Å². The molecular formula is C15H11NOS. The first-order chi connectivity index (χ1) is 8.92. The summed E-state index contributed by atoms with van der Waals surface area (Å²) in [5, 5.41) is 2.03. The molecule has 0 unspecified atom stereocenters. The predicted octanol–water partition coefficient (Wildman–Crippen LogP) is 4.60. The molecule has 18 heavy (non-hydrogen) atoms. The van der Waals surface area contributed by atoms with E-state index >= 15 is 0 Å². The number of rotatable bonds is 3. The van der Waals surface area contributed by atoms with Crippen molar-refractivity contribution in [1.82, 2.24) is 4.98 Å². The maximum absolute atomic E-state index is 5.73. The summed E-state index contributed by atoms with van der Waals surface area (Å²) in [4.78, 5) is 4.28. The molecule has 0 fully saturated rings. The van der Waals surface area contributed by atoms with Gasteiger partial charge in [0.15, 0.2) is 0 Å². The summed E-state index contributed by atoms with van der Waals surface area (Å²) in [6.07, 6.45) is 0. The van der Waals surface area contributed by atoms with Gasteiger partial charge in [0.25, 0.3) is 0 Å². The molecule has 3 heteroatoms. The van der Waals surface area contributed by atoms with Gasteiger partial charge in [-0.25, -0.2) is 4.98 Å². The van der Waals surface area contributed by atoms with Gasteiger partial charge in [0.2, 0.25) is 0 Å². The van der Waals surface area contributed by atoms with E-state index in [2.05, 4.69) is 4.98 Å². The van der Waals surface area contributed by atoms with Crippen molar-refractivity contribution >= 4 is 11.3 Å². The smallest absolute Gasteiger partial charge is 0.127 e. The molecule has 88 valence electrons. The van der Waals surface area contributed by atoms with E-state index < -0.39 is 0 Å². The second-order valence-corrected chi connectivity index (χ2v) is 4.53. The van der Waals surface area contributed by atoms with E-state index in [1.165, 1.54) is 0 Å². The molecule has 0 atom stereocenters. The van der Waals surface area contributed by atoms with Gasteiger partial charge in [0.1, 0.15) is 11.5 Å². The standard InChI is InChI=1S/C15H11NOS/c1-2-4-13(5-3-1)17-14-8-6-12(7-9-14)15-10-18-11-16-15/h1-11H. The number of hydrogen-bond acceptors (Lipinski definition) is 3. The molecular weight excluding hydrogens is 242 g/mol. The van der Waals surface area contributed by atoms with E-state index in [9.17, 15) is 0 Å².